The summed E-state index contributed by atoms with van der Waals surface area (Å²) in [6.07, 6.45) is 1.85. The van der Waals surface area contributed by atoms with Crippen molar-refractivity contribution in [1.29, 1.82) is 0 Å². The normalized spacial score (nSPS) is 16.0. The Morgan fingerprint density at radius 3 is 2.55 bits per heavy atom. The van der Waals surface area contributed by atoms with E-state index in [0.29, 0.717) is 26.4 Å². The minimum Gasteiger partial charge on any atom is -0.497 e. The minimum absolute atomic E-state index is 0.203. The predicted octanol–water partition coefficient (Wildman–Crippen LogP) is 2.73. The van der Waals surface area contributed by atoms with Gasteiger partial charge in [0.05, 0.1) is 36.1 Å². The fourth-order valence-electron chi connectivity index (χ4n) is 3.63. The molecular weight excluding hydrogens is 412 g/mol. The summed E-state index contributed by atoms with van der Waals surface area (Å²) in [4.78, 5) is 31.2. The Kier molecular flexibility index (Phi) is 5.61. The van der Waals surface area contributed by atoms with E-state index in [9.17, 15) is 9.59 Å². The average Bonchev–Trinajstić information content (AvgIpc) is 3.08. The first kappa shape index (κ1) is 20.8. The van der Waals surface area contributed by atoms with Crippen LogP contribution in [0.1, 0.15) is 29.7 Å². The molecular formula is C24H22N2O4S. The van der Waals surface area contributed by atoms with Gasteiger partial charge >= 0.3 is 5.97 Å². The van der Waals surface area contributed by atoms with E-state index in [4.69, 9.17) is 9.47 Å². The molecule has 6 nitrogen and oxygen atoms in total. The van der Waals surface area contributed by atoms with Gasteiger partial charge in [-0.15, -0.1) is 0 Å². The van der Waals surface area contributed by atoms with Crippen molar-refractivity contribution in [2.75, 3.05) is 14.2 Å². The summed E-state index contributed by atoms with van der Waals surface area (Å²) in [5.41, 5.74) is 3.49. The number of carbonyl (C=O) groups excluding carboxylic acids is 1. The monoisotopic (exact) mass is 434 g/mol. The second kappa shape index (κ2) is 8.35. The van der Waals surface area contributed by atoms with Gasteiger partial charge < -0.3 is 9.47 Å². The number of hydrogen-bond donors (Lipinski definition) is 0. The van der Waals surface area contributed by atoms with E-state index in [1.807, 2.05) is 61.5 Å². The maximum absolute atomic E-state index is 13.5. The fourth-order valence-corrected chi connectivity index (χ4v) is 4.68. The van der Waals surface area contributed by atoms with E-state index >= 15 is 0 Å². The quantitative estimate of drug-likeness (QED) is 0.592. The number of fused-ring (bicyclic) bond motifs is 1. The van der Waals surface area contributed by atoms with Gasteiger partial charge in [-0.3, -0.25) is 9.36 Å². The molecule has 1 aliphatic heterocycles. The standard InChI is InChI=1S/C24H22N2O4S/c1-14-8-10-16(11-9-14)12-19-22(27)26-21(17-6-5-7-18(13-17)29-3)20(23(28)30-4)15(2)25-24(26)31-19/h5-13,21H,1-4H3/b19-12+. The van der Waals surface area contributed by atoms with E-state index < -0.39 is 12.0 Å². The Balaban J connectivity index is 1.97. The van der Waals surface area contributed by atoms with E-state index in [-0.39, 0.29) is 5.56 Å². The molecule has 0 fully saturated rings. The van der Waals surface area contributed by atoms with Crippen molar-refractivity contribution >= 4 is 23.4 Å². The number of esters is 1. The summed E-state index contributed by atoms with van der Waals surface area (Å²) >= 11 is 1.31. The molecule has 0 aliphatic carbocycles. The van der Waals surface area contributed by atoms with Crippen LogP contribution in [-0.4, -0.2) is 24.8 Å². The third kappa shape index (κ3) is 3.84. The lowest BCUT2D eigenvalue weighted by Gasteiger charge is -2.24. The number of rotatable bonds is 4. The lowest BCUT2D eigenvalue weighted by Crippen LogP contribution is -2.39. The second-order valence-corrected chi connectivity index (χ2v) is 8.27. The zero-order chi connectivity index (χ0) is 22.1. The SMILES string of the molecule is COC(=O)C1=C(C)N=c2s/c(=C/c3ccc(C)cc3)c(=O)n2C1c1cccc(OC)c1. The lowest BCUT2D eigenvalue weighted by atomic mass is 9.96. The number of methoxy groups -OCH3 is 2. The van der Waals surface area contributed by atoms with Gasteiger partial charge in [-0.05, 0) is 43.2 Å². The van der Waals surface area contributed by atoms with Crippen molar-refractivity contribution in [1.82, 2.24) is 4.57 Å². The van der Waals surface area contributed by atoms with E-state index in [2.05, 4.69) is 4.99 Å². The number of nitrogens with zero attached hydrogens (tertiary/aromatic N) is 2. The lowest BCUT2D eigenvalue weighted by molar-refractivity contribution is -0.136. The molecule has 0 amide bonds. The van der Waals surface area contributed by atoms with Gasteiger partial charge in [-0.2, -0.15) is 0 Å². The molecule has 31 heavy (non-hydrogen) atoms. The Morgan fingerprint density at radius 2 is 1.87 bits per heavy atom. The highest BCUT2D eigenvalue weighted by atomic mass is 32.1. The molecule has 0 saturated carbocycles. The van der Waals surface area contributed by atoms with Gasteiger partial charge in [0.25, 0.3) is 5.56 Å². The maximum atomic E-state index is 13.5. The van der Waals surface area contributed by atoms with Crippen LogP contribution in [-0.2, 0) is 9.53 Å². The number of hydrogen-bond acceptors (Lipinski definition) is 6. The van der Waals surface area contributed by atoms with Crippen molar-refractivity contribution in [2.45, 2.75) is 19.9 Å². The first-order valence-corrected chi connectivity index (χ1v) is 10.6. The predicted molar refractivity (Wildman–Crippen MR) is 120 cm³/mol. The van der Waals surface area contributed by atoms with Gasteiger partial charge in [-0.25, -0.2) is 9.79 Å². The van der Waals surface area contributed by atoms with Crippen molar-refractivity contribution in [2.24, 2.45) is 4.99 Å². The van der Waals surface area contributed by atoms with Crippen molar-refractivity contribution in [3.05, 3.63) is 96.2 Å². The second-order valence-electron chi connectivity index (χ2n) is 7.26. The summed E-state index contributed by atoms with van der Waals surface area (Å²) < 4.78 is 12.5. The van der Waals surface area contributed by atoms with Crippen LogP contribution in [0.4, 0.5) is 0 Å². The Bertz CT molecular complexity index is 1360. The number of aryl methyl sites for hydroxylation is 1. The minimum atomic E-state index is -0.654. The third-order valence-electron chi connectivity index (χ3n) is 5.21. The van der Waals surface area contributed by atoms with E-state index in [0.717, 1.165) is 16.7 Å². The first-order chi connectivity index (χ1) is 14.9. The van der Waals surface area contributed by atoms with Gasteiger partial charge in [0.2, 0.25) is 0 Å². The largest absolute Gasteiger partial charge is 0.497 e. The van der Waals surface area contributed by atoms with Crippen LogP contribution in [0.2, 0.25) is 0 Å². The summed E-state index contributed by atoms with van der Waals surface area (Å²) in [5, 5.41) is 0. The number of ether oxygens (including phenoxy) is 2. The highest BCUT2D eigenvalue weighted by molar-refractivity contribution is 7.07. The fraction of sp³-hybridized carbons (Fsp3) is 0.208. The Labute approximate surface area is 183 Å². The van der Waals surface area contributed by atoms with Crippen molar-refractivity contribution in [3.8, 4) is 5.75 Å². The Hall–Kier alpha value is -3.45. The van der Waals surface area contributed by atoms with Crippen molar-refractivity contribution < 1.29 is 14.3 Å². The molecule has 1 unspecified atom stereocenters. The molecule has 2 aromatic carbocycles. The number of aromatic nitrogens is 1. The molecule has 0 N–H and O–H groups in total. The van der Waals surface area contributed by atoms with Crippen LogP contribution in [0, 0.1) is 6.92 Å². The topological polar surface area (TPSA) is 69.9 Å². The molecule has 0 saturated heterocycles. The maximum Gasteiger partial charge on any atom is 0.338 e. The van der Waals surface area contributed by atoms with Gasteiger partial charge in [-0.1, -0.05) is 53.3 Å². The van der Waals surface area contributed by atoms with Crippen LogP contribution in [0.25, 0.3) is 6.08 Å². The summed E-state index contributed by atoms with van der Waals surface area (Å²) in [5.74, 6) is 0.125. The number of benzene rings is 2. The number of thiazole rings is 1. The number of allylic oxidation sites excluding steroid dienone is 1. The molecule has 158 valence electrons. The Morgan fingerprint density at radius 1 is 1.13 bits per heavy atom. The molecule has 2 heterocycles. The zero-order valence-electron chi connectivity index (χ0n) is 17.7. The molecule has 3 aromatic rings. The van der Waals surface area contributed by atoms with Crippen LogP contribution in [0.5, 0.6) is 5.75 Å². The average molecular weight is 435 g/mol. The summed E-state index contributed by atoms with van der Waals surface area (Å²) in [7, 11) is 2.90. The summed E-state index contributed by atoms with van der Waals surface area (Å²) in [6, 6.07) is 14.6. The molecule has 4 rings (SSSR count). The molecule has 0 spiro atoms. The molecule has 1 atom stereocenters. The van der Waals surface area contributed by atoms with Gasteiger partial charge in [0, 0.05) is 0 Å². The smallest absolute Gasteiger partial charge is 0.338 e. The van der Waals surface area contributed by atoms with Gasteiger partial charge in [0.1, 0.15) is 5.75 Å². The van der Waals surface area contributed by atoms with Gasteiger partial charge in [0.15, 0.2) is 4.80 Å². The van der Waals surface area contributed by atoms with E-state index in [1.165, 1.54) is 18.4 Å². The van der Waals surface area contributed by atoms with Crippen molar-refractivity contribution in [3.63, 3.8) is 0 Å². The third-order valence-corrected chi connectivity index (χ3v) is 6.19. The molecule has 0 bridgehead atoms. The van der Waals surface area contributed by atoms with Crippen LogP contribution in [0.3, 0.4) is 0 Å². The molecule has 0 radical (unpaired) electrons. The zero-order valence-corrected chi connectivity index (χ0v) is 18.5. The van der Waals surface area contributed by atoms with Crippen LogP contribution >= 0.6 is 11.3 Å². The molecule has 7 heteroatoms. The molecule has 1 aromatic heterocycles. The highest BCUT2D eigenvalue weighted by Crippen LogP contribution is 2.32. The first-order valence-electron chi connectivity index (χ1n) is 9.74. The van der Waals surface area contributed by atoms with Crippen LogP contribution in [0.15, 0.2) is 69.6 Å². The summed E-state index contributed by atoms with van der Waals surface area (Å²) in [6.45, 7) is 3.78. The number of carbonyl (C=O) groups is 1. The highest BCUT2D eigenvalue weighted by Gasteiger charge is 2.33. The molecule has 1 aliphatic rings. The van der Waals surface area contributed by atoms with Crippen LogP contribution < -0.4 is 19.6 Å². The van der Waals surface area contributed by atoms with E-state index in [1.54, 1.807) is 18.6 Å².